The summed E-state index contributed by atoms with van der Waals surface area (Å²) in [6.45, 7) is 1.91. The molecule has 0 spiro atoms. The Hall–Kier alpha value is -2.66. The van der Waals surface area contributed by atoms with Crippen LogP contribution >= 0.6 is 0 Å². The Morgan fingerprint density at radius 2 is 1.96 bits per heavy atom. The summed E-state index contributed by atoms with van der Waals surface area (Å²) in [5, 5.41) is 13.5. The Labute approximate surface area is 134 Å². The monoisotopic (exact) mass is 310 g/mol. The first kappa shape index (κ1) is 15.2. The summed E-state index contributed by atoms with van der Waals surface area (Å²) in [7, 11) is 0. The maximum absolute atomic E-state index is 9.58. The third kappa shape index (κ3) is 4.17. The molecule has 3 aromatic rings. The van der Waals surface area contributed by atoms with E-state index in [-0.39, 0.29) is 6.61 Å². The van der Waals surface area contributed by atoms with Gasteiger partial charge in [0.1, 0.15) is 5.75 Å². The zero-order chi connectivity index (χ0) is 16.1. The van der Waals surface area contributed by atoms with Gasteiger partial charge in [-0.25, -0.2) is 0 Å². The molecule has 1 unspecified atom stereocenters. The summed E-state index contributed by atoms with van der Waals surface area (Å²) < 4.78 is 10.8. The topological polar surface area (TPSA) is 68.4 Å². The summed E-state index contributed by atoms with van der Waals surface area (Å²) in [6, 6.07) is 17.3. The van der Waals surface area contributed by atoms with Crippen molar-refractivity contribution < 1.29 is 14.4 Å². The highest BCUT2D eigenvalue weighted by Gasteiger charge is 2.08. The molecule has 0 fully saturated rings. The molecule has 0 aliphatic heterocycles. The van der Waals surface area contributed by atoms with Crippen LogP contribution in [-0.4, -0.2) is 15.2 Å². The van der Waals surface area contributed by atoms with Gasteiger partial charge in [0.05, 0.1) is 6.10 Å². The number of hydrogen-bond acceptors (Lipinski definition) is 5. The van der Waals surface area contributed by atoms with Gasteiger partial charge in [-0.3, -0.25) is 0 Å². The van der Waals surface area contributed by atoms with Crippen LogP contribution in [0.5, 0.6) is 5.75 Å². The van der Waals surface area contributed by atoms with E-state index in [2.05, 4.69) is 10.1 Å². The van der Waals surface area contributed by atoms with Crippen molar-refractivity contribution in [3.63, 3.8) is 0 Å². The highest BCUT2D eigenvalue weighted by atomic mass is 16.5. The molecule has 5 heteroatoms. The minimum Gasteiger partial charge on any atom is -0.484 e. The summed E-state index contributed by atoms with van der Waals surface area (Å²) in [5.41, 5.74) is 1.93. The number of nitrogens with zero attached hydrogens (tertiary/aromatic N) is 2. The van der Waals surface area contributed by atoms with Gasteiger partial charge in [-0.15, -0.1) is 0 Å². The molecule has 1 aromatic heterocycles. The van der Waals surface area contributed by atoms with E-state index in [0.29, 0.717) is 23.9 Å². The van der Waals surface area contributed by atoms with Crippen LogP contribution in [0.25, 0.3) is 0 Å². The summed E-state index contributed by atoms with van der Waals surface area (Å²) in [4.78, 5) is 4.33. The van der Waals surface area contributed by atoms with E-state index in [1.54, 1.807) is 13.0 Å². The van der Waals surface area contributed by atoms with Crippen LogP contribution in [0.4, 0.5) is 0 Å². The highest BCUT2D eigenvalue weighted by molar-refractivity contribution is 5.29. The number of ether oxygens (including phenoxy) is 1. The third-order valence-electron chi connectivity index (χ3n) is 3.42. The van der Waals surface area contributed by atoms with E-state index < -0.39 is 6.10 Å². The van der Waals surface area contributed by atoms with Crippen molar-refractivity contribution in [2.24, 2.45) is 0 Å². The van der Waals surface area contributed by atoms with E-state index in [4.69, 9.17) is 9.26 Å². The Balaban J connectivity index is 1.60. The molecule has 2 aromatic carbocycles. The quantitative estimate of drug-likeness (QED) is 0.756. The lowest BCUT2D eigenvalue weighted by Crippen LogP contribution is -1.98. The molecule has 0 aliphatic carbocycles. The van der Waals surface area contributed by atoms with Gasteiger partial charge in [0.15, 0.2) is 12.4 Å². The van der Waals surface area contributed by atoms with Crippen molar-refractivity contribution in [2.75, 3.05) is 0 Å². The van der Waals surface area contributed by atoms with Crippen LogP contribution in [0.2, 0.25) is 0 Å². The third-order valence-corrected chi connectivity index (χ3v) is 3.42. The summed E-state index contributed by atoms with van der Waals surface area (Å²) in [6.07, 6.45) is 0.0985. The lowest BCUT2D eigenvalue weighted by molar-refractivity contribution is 0.197. The molecule has 1 heterocycles. The van der Waals surface area contributed by atoms with Crippen molar-refractivity contribution in [2.45, 2.75) is 26.1 Å². The standard InChI is InChI=1S/C18H18N2O3/c1-13(21)15-8-5-9-16(11-15)22-12-18-19-17(20-23-18)10-14-6-3-2-4-7-14/h2-9,11,13,21H,10,12H2,1H3. The first-order valence-corrected chi connectivity index (χ1v) is 7.47. The van der Waals surface area contributed by atoms with Crippen LogP contribution in [0, 0.1) is 0 Å². The van der Waals surface area contributed by atoms with Gasteiger partial charge in [-0.2, -0.15) is 4.98 Å². The second-order valence-corrected chi connectivity index (χ2v) is 5.30. The van der Waals surface area contributed by atoms with Gasteiger partial charge in [-0.05, 0) is 30.2 Å². The Kier molecular flexibility index (Phi) is 4.68. The molecule has 0 saturated carbocycles. The average molecular weight is 310 g/mol. The number of aliphatic hydroxyl groups excluding tert-OH is 1. The minimum absolute atomic E-state index is 0.199. The molecule has 0 aliphatic rings. The summed E-state index contributed by atoms with van der Waals surface area (Å²) in [5.74, 6) is 1.72. The van der Waals surface area contributed by atoms with Crippen molar-refractivity contribution >= 4 is 0 Å². The van der Waals surface area contributed by atoms with Crippen LogP contribution in [0.15, 0.2) is 59.1 Å². The molecular weight excluding hydrogens is 292 g/mol. The second kappa shape index (κ2) is 7.07. The average Bonchev–Trinajstić information content (AvgIpc) is 3.01. The van der Waals surface area contributed by atoms with Crippen LogP contribution in [-0.2, 0) is 13.0 Å². The maximum Gasteiger partial charge on any atom is 0.264 e. The molecule has 118 valence electrons. The molecule has 0 saturated heterocycles. The maximum atomic E-state index is 9.58. The van der Waals surface area contributed by atoms with Crippen molar-refractivity contribution in [1.29, 1.82) is 0 Å². The molecule has 0 amide bonds. The van der Waals surface area contributed by atoms with E-state index >= 15 is 0 Å². The van der Waals surface area contributed by atoms with E-state index in [0.717, 1.165) is 11.1 Å². The number of hydrogen-bond donors (Lipinski definition) is 1. The van der Waals surface area contributed by atoms with Crippen LogP contribution in [0.1, 0.15) is 35.9 Å². The fourth-order valence-electron chi connectivity index (χ4n) is 2.21. The minimum atomic E-state index is -0.528. The molecule has 0 bridgehead atoms. The predicted molar refractivity (Wildman–Crippen MR) is 85.0 cm³/mol. The fraction of sp³-hybridized carbons (Fsp3) is 0.222. The number of rotatable bonds is 6. The van der Waals surface area contributed by atoms with Crippen LogP contribution < -0.4 is 4.74 Å². The molecule has 3 rings (SSSR count). The SMILES string of the molecule is CC(O)c1cccc(OCc2nc(Cc3ccccc3)no2)c1. The van der Waals surface area contributed by atoms with Gasteiger partial charge >= 0.3 is 0 Å². The number of benzene rings is 2. The van der Waals surface area contributed by atoms with E-state index in [1.807, 2.05) is 48.5 Å². The normalized spacial score (nSPS) is 12.1. The van der Waals surface area contributed by atoms with Crippen LogP contribution in [0.3, 0.4) is 0 Å². The van der Waals surface area contributed by atoms with E-state index in [1.165, 1.54) is 0 Å². The van der Waals surface area contributed by atoms with Gasteiger partial charge in [0.25, 0.3) is 5.89 Å². The molecule has 0 radical (unpaired) electrons. The predicted octanol–water partition coefficient (Wildman–Crippen LogP) is 3.29. The Morgan fingerprint density at radius 3 is 2.74 bits per heavy atom. The highest BCUT2D eigenvalue weighted by Crippen LogP contribution is 2.19. The van der Waals surface area contributed by atoms with E-state index in [9.17, 15) is 5.11 Å². The Morgan fingerprint density at radius 1 is 1.13 bits per heavy atom. The molecule has 1 atom stereocenters. The zero-order valence-electron chi connectivity index (χ0n) is 12.8. The largest absolute Gasteiger partial charge is 0.484 e. The van der Waals surface area contributed by atoms with Crippen molar-refractivity contribution in [1.82, 2.24) is 10.1 Å². The molecular formula is C18H18N2O3. The lowest BCUT2D eigenvalue weighted by atomic mass is 10.1. The smallest absolute Gasteiger partial charge is 0.264 e. The zero-order valence-corrected chi connectivity index (χ0v) is 12.8. The number of aromatic nitrogens is 2. The number of aliphatic hydroxyl groups is 1. The van der Waals surface area contributed by atoms with Gasteiger partial charge < -0.3 is 14.4 Å². The molecule has 1 N–H and O–H groups in total. The first-order chi connectivity index (χ1) is 11.2. The Bertz CT molecular complexity index is 754. The second-order valence-electron chi connectivity index (χ2n) is 5.30. The first-order valence-electron chi connectivity index (χ1n) is 7.47. The summed E-state index contributed by atoms with van der Waals surface area (Å²) >= 11 is 0. The fourth-order valence-corrected chi connectivity index (χ4v) is 2.21. The molecule has 5 nitrogen and oxygen atoms in total. The van der Waals surface area contributed by atoms with Crippen molar-refractivity contribution in [3.8, 4) is 5.75 Å². The van der Waals surface area contributed by atoms with Crippen molar-refractivity contribution in [3.05, 3.63) is 77.4 Å². The molecule has 23 heavy (non-hydrogen) atoms. The van der Waals surface area contributed by atoms with Gasteiger partial charge in [-0.1, -0.05) is 47.6 Å². The lowest BCUT2D eigenvalue weighted by Gasteiger charge is -2.07. The van der Waals surface area contributed by atoms with Gasteiger partial charge in [0, 0.05) is 6.42 Å². The van der Waals surface area contributed by atoms with Gasteiger partial charge in [0.2, 0.25) is 0 Å².